The number of nitrogens with two attached hydrogens (primary N) is 1. The molecular weight excluding hydrogens is 308 g/mol. The van der Waals surface area contributed by atoms with E-state index in [2.05, 4.69) is 10.3 Å². The van der Waals surface area contributed by atoms with Crippen LogP contribution in [0.25, 0.3) is 0 Å². The van der Waals surface area contributed by atoms with E-state index in [1.807, 2.05) is 0 Å². The molecule has 0 aliphatic rings. The Labute approximate surface area is 124 Å². The molecule has 7 heteroatoms. The molecule has 2 rings (SSSR count). The molecule has 0 bridgehead atoms. The lowest BCUT2D eigenvalue weighted by molar-refractivity contribution is 0.628. The van der Waals surface area contributed by atoms with E-state index in [4.69, 9.17) is 41.2 Å². The third-order valence-corrected chi connectivity index (χ3v) is 3.07. The van der Waals surface area contributed by atoms with Crippen LogP contribution in [0.15, 0.2) is 30.3 Å². The van der Waals surface area contributed by atoms with Crippen molar-refractivity contribution in [3.63, 3.8) is 0 Å². The summed E-state index contributed by atoms with van der Waals surface area (Å²) in [4.78, 5) is 4.36. The monoisotopic (exact) mass is 315 g/mol. The molecule has 0 spiro atoms. The summed E-state index contributed by atoms with van der Waals surface area (Å²) in [5, 5.41) is 3.23. The first-order valence-corrected chi connectivity index (χ1v) is 6.32. The first-order chi connectivity index (χ1) is 8.97. The van der Waals surface area contributed by atoms with Gasteiger partial charge in [0.2, 0.25) is 0 Å². The van der Waals surface area contributed by atoms with Gasteiger partial charge in [-0.15, -0.1) is 0 Å². The summed E-state index contributed by atoms with van der Waals surface area (Å²) in [7, 11) is 0. The van der Waals surface area contributed by atoms with Gasteiger partial charge in [-0.25, -0.2) is 9.37 Å². The fraction of sp³-hybridized carbons (Fsp3) is 0. The number of halogens is 3. The number of thiocarbonyl (C=S) groups is 1. The lowest BCUT2D eigenvalue weighted by atomic mass is 10.3. The lowest BCUT2D eigenvalue weighted by Gasteiger charge is -2.10. The maximum absolute atomic E-state index is 13.1. The fourth-order valence-electron chi connectivity index (χ4n) is 1.43. The maximum Gasteiger partial charge on any atom is 0.131 e. The van der Waals surface area contributed by atoms with Crippen LogP contribution in [0.5, 0.6) is 0 Å². The van der Waals surface area contributed by atoms with Crippen LogP contribution in [0.4, 0.5) is 15.9 Å². The Balaban J connectivity index is 2.36. The van der Waals surface area contributed by atoms with Crippen LogP contribution in [0, 0.1) is 5.82 Å². The molecule has 0 saturated carbocycles. The number of anilines is 2. The molecule has 0 amide bonds. The number of nitrogens with one attached hydrogen (secondary N) is 1. The predicted octanol–water partition coefficient (Wildman–Crippen LogP) is 3.91. The van der Waals surface area contributed by atoms with E-state index < -0.39 is 5.82 Å². The SMILES string of the molecule is NC(=S)c1cccc(Nc2c(Cl)cc(F)cc2Cl)n1. The van der Waals surface area contributed by atoms with Crippen LogP contribution >= 0.6 is 35.4 Å². The summed E-state index contributed by atoms with van der Waals surface area (Å²) in [5.41, 5.74) is 6.33. The minimum atomic E-state index is -0.509. The number of rotatable bonds is 3. The summed E-state index contributed by atoms with van der Waals surface area (Å²) < 4.78 is 13.1. The highest BCUT2D eigenvalue weighted by atomic mass is 35.5. The standard InChI is InChI=1S/C12H8Cl2FN3S/c13-7-4-6(15)5-8(14)11(7)18-10-3-1-2-9(17-10)12(16)19/h1-5H,(H2,16,19)(H,17,18). The molecule has 98 valence electrons. The fourth-order valence-corrected chi connectivity index (χ4v) is 2.10. The molecule has 19 heavy (non-hydrogen) atoms. The second kappa shape index (κ2) is 5.69. The van der Waals surface area contributed by atoms with Crippen molar-refractivity contribution in [1.82, 2.24) is 4.98 Å². The van der Waals surface area contributed by atoms with Gasteiger partial charge in [0.1, 0.15) is 16.6 Å². The number of pyridine rings is 1. The van der Waals surface area contributed by atoms with Crippen molar-refractivity contribution < 1.29 is 4.39 Å². The zero-order valence-electron chi connectivity index (χ0n) is 9.45. The molecule has 0 fully saturated rings. The van der Waals surface area contributed by atoms with E-state index >= 15 is 0 Å². The normalized spacial score (nSPS) is 10.3. The minimum absolute atomic E-state index is 0.160. The highest BCUT2D eigenvalue weighted by Gasteiger charge is 2.10. The zero-order chi connectivity index (χ0) is 14.0. The van der Waals surface area contributed by atoms with Crippen molar-refractivity contribution in [2.24, 2.45) is 5.73 Å². The summed E-state index contributed by atoms with van der Waals surface area (Å²) in [6.45, 7) is 0. The average Bonchev–Trinajstić information content (AvgIpc) is 2.34. The van der Waals surface area contributed by atoms with Crippen LogP contribution in [0.1, 0.15) is 5.69 Å². The van der Waals surface area contributed by atoms with Gasteiger partial charge in [0, 0.05) is 0 Å². The van der Waals surface area contributed by atoms with Crippen LogP contribution in [0.2, 0.25) is 10.0 Å². The molecule has 1 heterocycles. The van der Waals surface area contributed by atoms with Crippen LogP contribution in [0.3, 0.4) is 0 Å². The molecular formula is C12H8Cl2FN3S. The molecule has 2 aromatic rings. The largest absolute Gasteiger partial charge is 0.388 e. The smallest absolute Gasteiger partial charge is 0.131 e. The molecule has 1 aromatic carbocycles. The van der Waals surface area contributed by atoms with Gasteiger partial charge in [-0.05, 0) is 24.3 Å². The van der Waals surface area contributed by atoms with E-state index in [1.165, 1.54) is 0 Å². The van der Waals surface area contributed by atoms with Crippen molar-refractivity contribution in [1.29, 1.82) is 0 Å². The maximum atomic E-state index is 13.1. The highest BCUT2D eigenvalue weighted by molar-refractivity contribution is 7.80. The second-order valence-electron chi connectivity index (χ2n) is 3.64. The number of aromatic nitrogens is 1. The summed E-state index contributed by atoms with van der Waals surface area (Å²) in [5.74, 6) is -0.0499. The molecule has 0 aliphatic heterocycles. The topological polar surface area (TPSA) is 50.9 Å². The molecule has 0 saturated heterocycles. The zero-order valence-corrected chi connectivity index (χ0v) is 11.8. The third kappa shape index (κ3) is 3.32. The van der Waals surface area contributed by atoms with Gasteiger partial charge in [0.15, 0.2) is 0 Å². The van der Waals surface area contributed by atoms with Crippen molar-refractivity contribution in [3.8, 4) is 0 Å². The van der Waals surface area contributed by atoms with Gasteiger partial charge in [-0.3, -0.25) is 0 Å². The Morgan fingerprint density at radius 1 is 1.26 bits per heavy atom. The summed E-state index contributed by atoms with van der Waals surface area (Å²) in [6, 6.07) is 7.43. The first-order valence-electron chi connectivity index (χ1n) is 5.16. The third-order valence-electron chi connectivity index (χ3n) is 2.26. The van der Waals surface area contributed by atoms with E-state index in [-0.39, 0.29) is 15.0 Å². The molecule has 0 atom stereocenters. The molecule has 0 unspecified atom stereocenters. The Hall–Kier alpha value is -1.43. The molecule has 3 nitrogen and oxygen atoms in total. The van der Waals surface area contributed by atoms with Crippen molar-refractivity contribution in [2.45, 2.75) is 0 Å². The Kier molecular flexibility index (Phi) is 4.19. The molecule has 1 aromatic heterocycles. The van der Waals surface area contributed by atoms with E-state index in [1.54, 1.807) is 18.2 Å². The van der Waals surface area contributed by atoms with E-state index in [0.717, 1.165) is 12.1 Å². The van der Waals surface area contributed by atoms with Gasteiger partial charge in [-0.1, -0.05) is 41.5 Å². The summed E-state index contributed by atoms with van der Waals surface area (Å²) >= 11 is 16.7. The molecule has 0 aliphatic carbocycles. The second-order valence-corrected chi connectivity index (χ2v) is 4.90. The number of nitrogens with zero attached hydrogens (tertiary/aromatic N) is 1. The van der Waals surface area contributed by atoms with Gasteiger partial charge in [0.05, 0.1) is 21.4 Å². The lowest BCUT2D eigenvalue weighted by Crippen LogP contribution is -2.12. The predicted molar refractivity (Wildman–Crippen MR) is 79.8 cm³/mol. The number of hydrogen-bond donors (Lipinski definition) is 2. The van der Waals surface area contributed by atoms with Crippen LogP contribution in [-0.2, 0) is 0 Å². The average molecular weight is 316 g/mol. The van der Waals surface area contributed by atoms with Crippen LogP contribution < -0.4 is 11.1 Å². The van der Waals surface area contributed by atoms with Gasteiger partial charge >= 0.3 is 0 Å². The first kappa shape index (κ1) is 14.0. The summed E-state index contributed by atoms with van der Waals surface area (Å²) in [6.07, 6.45) is 0. The molecule has 0 radical (unpaired) electrons. The number of benzene rings is 1. The van der Waals surface area contributed by atoms with Gasteiger partial charge < -0.3 is 11.1 Å². The highest BCUT2D eigenvalue weighted by Crippen LogP contribution is 2.33. The Morgan fingerprint density at radius 3 is 2.47 bits per heavy atom. The quantitative estimate of drug-likeness (QED) is 0.843. The van der Waals surface area contributed by atoms with Crippen LogP contribution in [-0.4, -0.2) is 9.97 Å². The minimum Gasteiger partial charge on any atom is -0.388 e. The van der Waals surface area contributed by atoms with E-state index in [0.29, 0.717) is 17.2 Å². The van der Waals surface area contributed by atoms with Gasteiger partial charge in [-0.2, -0.15) is 0 Å². The van der Waals surface area contributed by atoms with Crippen molar-refractivity contribution in [3.05, 3.63) is 51.9 Å². The Morgan fingerprint density at radius 2 is 1.89 bits per heavy atom. The van der Waals surface area contributed by atoms with Crippen molar-refractivity contribution in [2.75, 3.05) is 5.32 Å². The molecule has 3 N–H and O–H groups in total. The van der Waals surface area contributed by atoms with E-state index in [9.17, 15) is 4.39 Å². The van der Waals surface area contributed by atoms with Crippen molar-refractivity contribution >= 4 is 51.9 Å². The van der Waals surface area contributed by atoms with Gasteiger partial charge in [0.25, 0.3) is 0 Å². The number of hydrogen-bond acceptors (Lipinski definition) is 3. The Bertz CT molecular complexity index is 626.